The predicted octanol–water partition coefficient (Wildman–Crippen LogP) is 4.09. The second kappa shape index (κ2) is 8.20. The van der Waals surface area contributed by atoms with Gasteiger partial charge >= 0.3 is 0 Å². The van der Waals surface area contributed by atoms with E-state index in [2.05, 4.69) is 10.1 Å². The predicted molar refractivity (Wildman–Crippen MR) is 96.9 cm³/mol. The Kier molecular flexibility index (Phi) is 5.53. The molecular formula is C20H18FN3O2. The van der Waals surface area contributed by atoms with Crippen LogP contribution in [0.2, 0.25) is 0 Å². The fourth-order valence-corrected chi connectivity index (χ4v) is 2.35. The molecular weight excluding hydrogens is 333 g/mol. The Morgan fingerprint density at radius 2 is 2.04 bits per heavy atom. The number of carbonyl (C=O) groups excluding carboxylic acids is 1. The van der Waals surface area contributed by atoms with E-state index in [1.54, 1.807) is 42.5 Å². The van der Waals surface area contributed by atoms with Crippen molar-refractivity contribution in [2.24, 2.45) is 0 Å². The second-order valence-corrected chi connectivity index (χ2v) is 5.62. The van der Waals surface area contributed by atoms with Crippen molar-refractivity contribution < 1.29 is 13.9 Å². The van der Waals surface area contributed by atoms with Crippen LogP contribution < -0.4 is 4.74 Å². The van der Waals surface area contributed by atoms with Crippen LogP contribution in [0.3, 0.4) is 0 Å². The highest BCUT2D eigenvalue weighted by Gasteiger charge is 2.06. The molecule has 1 heterocycles. The summed E-state index contributed by atoms with van der Waals surface area (Å²) in [6.45, 7) is 2.67. The normalized spacial score (nSPS) is 11.0. The maximum absolute atomic E-state index is 14.2. The van der Waals surface area contributed by atoms with E-state index in [1.165, 1.54) is 29.5 Å². The minimum Gasteiger partial charge on any atom is -0.494 e. The van der Waals surface area contributed by atoms with Gasteiger partial charge in [-0.3, -0.25) is 4.79 Å². The molecule has 0 aliphatic rings. The van der Waals surface area contributed by atoms with Crippen molar-refractivity contribution >= 4 is 11.9 Å². The SMILES string of the molecule is CCCOc1ccc(C(=O)/C=C/c2ccc(-n3cncn3)c(F)c2)cc1. The molecule has 6 heteroatoms. The summed E-state index contributed by atoms with van der Waals surface area (Å²) in [6, 6.07) is 11.6. The molecule has 0 bridgehead atoms. The van der Waals surface area contributed by atoms with Gasteiger partial charge in [0.2, 0.25) is 0 Å². The van der Waals surface area contributed by atoms with E-state index < -0.39 is 5.82 Å². The van der Waals surface area contributed by atoms with Crippen molar-refractivity contribution in [1.29, 1.82) is 0 Å². The summed E-state index contributed by atoms with van der Waals surface area (Å²) < 4.78 is 21.0. The topological polar surface area (TPSA) is 57.0 Å². The molecule has 0 saturated heterocycles. The molecule has 0 N–H and O–H groups in total. The van der Waals surface area contributed by atoms with Crippen LogP contribution >= 0.6 is 0 Å². The van der Waals surface area contributed by atoms with Crippen LogP contribution in [0.25, 0.3) is 11.8 Å². The zero-order valence-electron chi connectivity index (χ0n) is 14.3. The molecule has 0 saturated carbocycles. The summed E-state index contributed by atoms with van der Waals surface area (Å²) in [5, 5.41) is 3.90. The van der Waals surface area contributed by atoms with Crippen molar-refractivity contribution in [3.8, 4) is 11.4 Å². The average molecular weight is 351 g/mol. The number of allylic oxidation sites excluding steroid dienone is 1. The molecule has 0 atom stereocenters. The van der Waals surface area contributed by atoms with Gasteiger partial charge in [0.25, 0.3) is 0 Å². The van der Waals surface area contributed by atoms with Crippen molar-refractivity contribution in [3.05, 3.63) is 78.1 Å². The van der Waals surface area contributed by atoms with Crippen LogP contribution in [-0.2, 0) is 0 Å². The number of ether oxygens (including phenoxy) is 1. The summed E-state index contributed by atoms with van der Waals surface area (Å²) in [5.74, 6) is 0.133. The Bertz CT molecular complexity index is 903. The van der Waals surface area contributed by atoms with Gasteiger partial charge in [-0.2, -0.15) is 5.10 Å². The molecule has 2 aromatic carbocycles. The van der Waals surface area contributed by atoms with Gasteiger partial charge in [0, 0.05) is 5.56 Å². The number of halogens is 1. The number of hydrogen-bond acceptors (Lipinski definition) is 4. The van der Waals surface area contributed by atoms with Crippen molar-refractivity contribution in [3.63, 3.8) is 0 Å². The molecule has 132 valence electrons. The highest BCUT2D eigenvalue weighted by atomic mass is 19.1. The van der Waals surface area contributed by atoms with Gasteiger partial charge in [-0.05, 0) is 54.5 Å². The third-order valence-corrected chi connectivity index (χ3v) is 3.68. The number of carbonyl (C=O) groups is 1. The van der Waals surface area contributed by atoms with Gasteiger partial charge in [-0.25, -0.2) is 14.1 Å². The smallest absolute Gasteiger partial charge is 0.185 e. The Hall–Kier alpha value is -3.28. The van der Waals surface area contributed by atoms with Gasteiger partial charge < -0.3 is 4.74 Å². The first kappa shape index (κ1) is 17.5. The van der Waals surface area contributed by atoms with Crippen molar-refractivity contribution in [2.45, 2.75) is 13.3 Å². The lowest BCUT2D eigenvalue weighted by Crippen LogP contribution is -1.98. The number of rotatable bonds is 7. The molecule has 26 heavy (non-hydrogen) atoms. The molecule has 1 aromatic heterocycles. The number of hydrogen-bond donors (Lipinski definition) is 0. The molecule has 0 amide bonds. The van der Waals surface area contributed by atoms with E-state index in [4.69, 9.17) is 4.74 Å². The van der Waals surface area contributed by atoms with Gasteiger partial charge in [0.05, 0.1) is 6.61 Å². The highest BCUT2D eigenvalue weighted by molar-refractivity contribution is 6.06. The summed E-state index contributed by atoms with van der Waals surface area (Å²) in [6.07, 6.45) is 6.69. The molecule has 5 nitrogen and oxygen atoms in total. The maximum Gasteiger partial charge on any atom is 0.185 e. The zero-order chi connectivity index (χ0) is 18.4. The van der Waals surface area contributed by atoms with Crippen LogP contribution in [0.15, 0.2) is 61.2 Å². The van der Waals surface area contributed by atoms with Crippen LogP contribution in [0.5, 0.6) is 5.75 Å². The fraction of sp³-hybridized carbons (Fsp3) is 0.150. The molecule has 0 aliphatic heterocycles. The lowest BCUT2D eigenvalue weighted by Gasteiger charge is -2.04. The first-order chi connectivity index (χ1) is 12.7. The Morgan fingerprint density at radius 1 is 1.23 bits per heavy atom. The third kappa shape index (κ3) is 4.22. The maximum atomic E-state index is 14.2. The minimum absolute atomic E-state index is 0.159. The van der Waals surface area contributed by atoms with E-state index in [1.807, 2.05) is 6.92 Å². The Balaban J connectivity index is 1.69. The Labute approximate surface area is 150 Å². The van der Waals surface area contributed by atoms with Gasteiger partial charge in [-0.15, -0.1) is 0 Å². The molecule has 3 aromatic rings. The van der Waals surface area contributed by atoms with Crippen LogP contribution in [-0.4, -0.2) is 27.2 Å². The van der Waals surface area contributed by atoms with Gasteiger partial charge in [0.1, 0.15) is 29.9 Å². The zero-order valence-corrected chi connectivity index (χ0v) is 14.3. The summed E-state index contributed by atoms with van der Waals surface area (Å²) in [7, 11) is 0. The molecule has 0 spiro atoms. The molecule has 0 radical (unpaired) electrons. The molecule has 0 fully saturated rings. The van der Waals surface area contributed by atoms with Gasteiger partial charge in [0.15, 0.2) is 5.78 Å². The average Bonchev–Trinajstić information content (AvgIpc) is 3.19. The van der Waals surface area contributed by atoms with Crippen LogP contribution in [0.1, 0.15) is 29.3 Å². The molecule has 0 unspecified atom stereocenters. The van der Waals surface area contributed by atoms with E-state index >= 15 is 0 Å². The molecule has 0 aliphatic carbocycles. The lowest BCUT2D eigenvalue weighted by atomic mass is 10.1. The van der Waals surface area contributed by atoms with E-state index in [-0.39, 0.29) is 5.78 Å². The van der Waals surface area contributed by atoms with E-state index in [9.17, 15) is 9.18 Å². The first-order valence-corrected chi connectivity index (χ1v) is 8.27. The van der Waals surface area contributed by atoms with Gasteiger partial charge in [-0.1, -0.05) is 19.1 Å². The molecule has 3 rings (SSSR count). The van der Waals surface area contributed by atoms with Crippen LogP contribution in [0.4, 0.5) is 4.39 Å². The largest absolute Gasteiger partial charge is 0.494 e. The summed E-state index contributed by atoms with van der Waals surface area (Å²) in [4.78, 5) is 16.0. The summed E-state index contributed by atoms with van der Waals surface area (Å²) in [5.41, 5.74) is 1.43. The van der Waals surface area contributed by atoms with E-state index in [0.29, 0.717) is 23.4 Å². The highest BCUT2D eigenvalue weighted by Crippen LogP contribution is 2.16. The quantitative estimate of drug-likeness (QED) is 0.475. The number of aromatic nitrogens is 3. The number of benzene rings is 2. The van der Waals surface area contributed by atoms with E-state index in [0.717, 1.165) is 12.2 Å². The second-order valence-electron chi connectivity index (χ2n) is 5.62. The minimum atomic E-state index is -0.442. The lowest BCUT2D eigenvalue weighted by molar-refractivity contribution is 0.104. The summed E-state index contributed by atoms with van der Waals surface area (Å²) >= 11 is 0. The monoisotopic (exact) mass is 351 g/mol. The standard InChI is InChI=1S/C20H18FN3O2/c1-2-11-26-17-7-5-16(6-8-17)20(25)10-4-15-3-9-19(18(21)12-15)24-14-22-13-23-24/h3-10,12-14H,2,11H2,1H3/b10-4+. The van der Waals surface area contributed by atoms with Crippen molar-refractivity contribution in [2.75, 3.05) is 6.61 Å². The fourth-order valence-electron chi connectivity index (χ4n) is 2.35. The number of nitrogens with zero attached hydrogens (tertiary/aromatic N) is 3. The number of ketones is 1. The first-order valence-electron chi connectivity index (χ1n) is 8.27. The third-order valence-electron chi connectivity index (χ3n) is 3.68. The van der Waals surface area contributed by atoms with Crippen molar-refractivity contribution in [1.82, 2.24) is 14.8 Å². The van der Waals surface area contributed by atoms with Crippen LogP contribution in [0, 0.1) is 5.82 Å². The Morgan fingerprint density at radius 3 is 2.69 bits per heavy atom.